The monoisotopic (exact) mass is 290 g/mol. The molecule has 0 spiro atoms. The van der Waals surface area contributed by atoms with Gasteiger partial charge < -0.3 is 19.1 Å². The first kappa shape index (κ1) is 15.7. The van der Waals surface area contributed by atoms with Crippen molar-refractivity contribution < 1.29 is 14.6 Å². The van der Waals surface area contributed by atoms with Gasteiger partial charge in [0.05, 0.1) is 32.0 Å². The third-order valence-corrected chi connectivity index (χ3v) is 3.13. The van der Waals surface area contributed by atoms with Crippen molar-refractivity contribution in [2.75, 3.05) is 20.3 Å². The second kappa shape index (κ2) is 7.93. The van der Waals surface area contributed by atoms with Crippen LogP contribution in [0.2, 0.25) is 0 Å². The molecule has 1 N–H and O–H groups in total. The molecule has 0 saturated heterocycles. The number of aromatic nitrogens is 2. The van der Waals surface area contributed by atoms with E-state index in [1.165, 1.54) is 0 Å². The number of hydrogen-bond acceptors (Lipinski definition) is 4. The fourth-order valence-electron chi connectivity index (χ4n) is 2.14. The molecule has 2 unspecified atom stereocenters. The van der Waals surface area contributed by atoms with Crippen molar-refractivity contribution in [3.05, 3.63) is 42.7 Å². The van der Waals surface area contributed by atoms with Crippen LogP contribution in [0.1, 0.15) is 6.92 Å². The van der Waals surface area contributed by atoms with Crippen LogP contribution < -0.4 is 0 Å². The second-order valence-electron chi connectivity index (χ2n) is 5.02. The third-order valence-electron chi connectivity index (χ3n) is 3.13. The minimum Gasteiger partial charge on any atom is -0.389 e. The van der Waals surface area contributed by atoms with E-state index in [4.69, 9.17) is 9.47 Å². The number of ether oxygens (including phenoxy) is 2. The van der Waals surface area contributed by atoms with Gasteiger partial charge in [-0.25, -0.2) is 4.98 Å². The molecule has 5 nitrogen and oxygen atoms in total. The Labute approximate surface area is 125 Å². The molecule has 5 heteroatoms. The van der Waals surface area contributed by atoms with E-state index in [1.54, 1.807) is 13.3 Å². The van der Waals surface area contributed by atoms with E-state index in [0.29, 0.717) is 13.2 Å². The maximum atomic E-state index is 10.1. The highest BCUT2D eigenvalue weighted by atomic mass is 16.5. The molecule has 0 fully saturated rings. The first-order valence-corrected chi connectivity index (χ1v) is 7.06. The number of rotatable bonds is 8. The molecule has 0 bridgehead atoms. The molecule has 0 amide bonds. The number of hydrogen-bond donors (Lipinski definition) is 1. The zero-order chi connectivity index (χ0) is 15.1. The number of methoxy groups -OCH3 is 1. The fraction of sp³-hybridized carbons (Fsp3) is 0.438. The van der Waals surface area contributed by atoms with Crippen LogP contribution in [0.3, 0.4) is 0 Å². The average Bonchev–Trinajstić information content (AvgIpc) is 2.94. The smallest absolute Gasteiger partial charge is 0.139 e. The van der Waals surface area contributed by atoms with E-state index in [0.717, 1.165) is 11.4 Å². The van der Waals surface area contributed by atoms with Gasteiger partial charge in [0.15, 0.2) is 0 Å². The second-order valence-corrected chi connectivity index (χ2v) is 5.02. The Balaban J connectivity index is 1.93. The molecule has 2 rings (SSSR count). The molecule has 1 aromatic carbocycles. The van der Waals surface area contributed by atoms with Gasteiger partial charge in [0.2, 0.25) is 0 Å². The lowest BCUT2D eigenvalue weighted by Crippen LogP contribution is -2.26. The van der Waals surface area contributed by atoms with Crippen LogP contribution in [-0.2, 0) is 16.0 Å². The Morgan fingerprint density at radius 2 is 2.00 bits per heavy atom. The Morgan fingerprint density at radius 1 is 1.24 bits per heavy atom. The van der Waals surface area contributed by atoms with Crippen molar-refractivity contribution >= 4 is 0 Å². The number of nitrogens with zero attached hydrogens (tertiary/aromatic N) is 2. The molecule has 1 heterocycles. The third kappa shape index (κ3) is 4.67. The summed E-state index contributed by atoms with van der Waals surface area (Å²) in [5.41, 5.74) is 1.03. The summed E-state index contributed by atoms with van der Waals surface area (Å²) >= 11 is 0. The Bertz CT molecular complexity index is 527. The summed E-state index contributed by atoms with van der Waals surface area (Å²) in [7, 11) is 1.63. The zero-order valence-corrected chi connectivity index (χ0v) is 12.5. The number of benzene rings is 1. The van der Waals surface area contributed by atoms with Crippen molar-refractivity contribution in [2.45, 2.75) is 25.7 Å². The predicted molar refractivity (Wildman–Crippen MR) is 81.0 cm³/mol. The van der Waals surface area contributed by atoms with Crippen LogP contribution in [0, 0.1) is 0 Å². The van der Waals surface area contributed by atoms with Crippen molar-refractivity contribution in [3.63, 3.8) is 0 Å². The molecule has 21 heavy (non-hydrogen) atoms. The van der Waals surface area contributed by atoms with Crippen LogP contribution in [-0.4, -0.2) is 47.2 Å². The maximum absolute atomic E-state index is 10.1. The number of aliphatic hydroxyl groups excluding tert-OH is 1. The van der Waals surface area contributed by atoms with Crippen molar-refractivity contribution in [2.24, 2.45) is 0 Å². The van der Waals surface area contributed by atoms with Gasteiger partial charge in [-0.2, -0.15) is 0 Å². The Kier molecular flexibility index (Phi) is 5.92. The quantitative estimate of drug-likeness (QED) is 0.807. The summed E-state index contributed by atoms with van der Waals surface area (Å²) < 4.78 is 12.5. The van der Waals surface area contributed by atoms with Crippen LogP contribution in [0.15, 0.2) is 42.7 Å². The number of aliphatic hydroxyl groups is 1. The van der Waals surface area contributed by atoms with E-state index in [9.17, 15) is 5.11 Å². The summed E-state index contributed by atoms with van der Waals surface area (Å²) in [5, 5.41) is 10.1. The van der Waals surface area contributed by atoms with Gasteiger partial charge in [-0.1, -0.05) is 30.3 Å². The van der Waals surface area contributed by atoms with Crippen molar-refractivity contribution in [3.8, 4) is 11.4 Å². The van der Waals surface area contributed by atoms with E-state index in [1.807, 2.05) is 48.0 Å². The molecular weight excluding hydrogens is 268 g/mol. The van der Waals surface area contributed by atoms with Gasteiger partial charge in [0.25, 0.3) is 0 Å². The van der Waals surface area contributed by atoms with E-state index in [-0.39, 0.29) is 12.7 Å². The van der Waals surface area contributed by atoms with E-state index >= 15 is 0 Å². The normalized spacial score (nSPS) is 14.0. The van der Waals surface area contributed by atoms with Gasteiger partial charge in [-0.15, -0.1) is 0 Å². The highest BCUT2D eigenvalue weighted by molar-refractivity contribution is 5.55. The summed E-state index contributed by atoms with van der Waals surface area (Å²) in [6.07, 6.45) is 3.00. The van der Waals surface area contributed by atoms with E-state index in [2.05, 4.69) is 4.98 Å². The molecule has 114 valence electrons. The Hall–Kier alpha value is -1.69. The van der Waals surface area contributed by atoms with Gasteiger partial charge in [0.1, 0.15) is 5.82 Å². The Morgan fingerprint density at radius 3 is 2.71 bits per heavy atom. The first-order valence-electron chi connectivity index (χ1n) is 7.06. The van der Waals surface area contributed by atoms with Crippen molar-refractivity contribution in [1.29, 1.82) is 0 Å². The lowest BCUT2D eigenvalue weighted by Gasteiger charge is -2.17. The first-order chi connectivity index (χ1) is 10.2. The van der Waals surface area contributed by atoms with Gasteiger partial charge in [-0.3, -0.25) is 0 Å². The van der Waals surface area contributed by atoms with Crippen LogP contribution in [0.4, 0.5) is 0 Å². The highest BCUT2D eigenvalue weighted by Crippen LogP contribution is 2.17. The van der Waals surface area contributed by atoms with Gasteiger partial charge >= 0.3 is 0 Å². The predicted octanol–water partition coefficient (Wildman–Crippen LogP) is 1.96. The van der Waals surface area contributed by atoms with E-state index < -0.39 is 6.10 Å². The lowest BCUT2D eigenvalue weighted by atomic mass is 10.2. The molecule has 2 aromatic rings. The minimum atomic E-state index is -0.582. The average molecular weight is 290 g/mol. The van der Waals surface area contributed by atoms with Crippen LogP contribution >= 0.6 is 0 Å². The molecule has 0 aliphatic carbocycles. The molecule has 0 aliphatic rings. The summed E-state index contributed by atoms with van der Waals surface area (Å²) in [6.45, 7) is 3.16. The highest BCUT2D eigenvalue weighted by Gasteiger charge is 2.12. The fourth-order valence-corrected chi connectivity index (χ4v) is 2.14. The van der Waals surface area contributed by atoms with Crippen LogP contribution in [0.25, 0.3) is 11.4 Å². The number of imidazole rings is 1. The molecule has 2 atom stereocenters. The topological polar surface area (TPSA) is 56.5 Å². The zero-order valence-electron chi connectivity index (χ0n) is 12.5. The molecule has 0 saturated carbocycles. The lowest BCUT2D eigenvalue weighted by molar-refractivity contribution is -0.0355. The summed E-state index contributed by atoms with van der Waals surface area (Å²) in [5.74, 6) is 0.847. The molecule has 1 aromatic heterocycles. The SMILES string of the molecule is COCC(C)OCC(O)Cn1ccnc1-c1ccccc1. The van der Waals surface area contributed by atoms with Gasteiger partial charge in [-0.05, 0) is 6.92 Å². The minimum absolute atomic E-state index is 0.0268. The largest absolute Gasteiger partial charge is 0.389 e. The van der Waals surface area contributed by atoms with Crippen molar-refractivity contribution in [1.82, 2.24) is 9.55 Å². The molecular formula is C16H22N2O3. The van der Waals surface area contributed by atoms with Gasteiger partial charge in [0, 0.05) is 25.1 Å². The summed E-state index contributed by atoms with van der Waals surface area (Å²) in [4.78, 5) is 4.36. The molecule has 0 radical (unpaired) electrons. The summed E-state index contributed by atoms with van der Waals surface area (Å²) in [6, 6.07) is 9.92. The maximum Gasteiger partial charge on any atom is 0.139 e. The standard InChI is InChI=1S/C16H22N2O3/c1-13(11-20-2)21-12-15(19)10-18-9-8-17-16(18)14-6-4-3-5-7-14/h3-9,13,15,19H,10-12H2,1-2H3. The van der Waals surface area contributed by atoms with Crippen LogP contribution in [0.5, 0.6) is 0 Å². The molecule has 0 aliphatic heterocycles.